The van der Waals surface area contributed by atoms with E-state index in [1.54, 1.807) is 24.4 Å². The number of carbonyl (C=O) groups is 2. The highest BCUT2D eigenvalue weighted by Crippen LogP contribution is 2.28. The first-order valence-corrected chi connectivity index (χ1v) is 10.9. The molecule has 1 aliphatic rings. The van der Waals surface area contributed by atoms with Crippen LogP contribution in [0, 0.1) is 0 Å². The first kappa shape index (κ1) is 23.4. The maximum Gasteiger partial charge on any atom is 0.258 e. The maximum absolute atomic E-state index is 12.7. The van der Waals surface area contributed by atoms with Crippen LogP contribution in [-0.4, -0.2) is 42.7 Å². The van der Waals surface area contributed by atoms with Crippen LogP contribution in [-0.2, 0) is 11.3 Å². The zero-order valence-electron chi connectivity index (χ0n) is 18.8. The van der Waals surface area contributed by atoms with E-state index in [-0.39, 0.29) is 30.6 Å². The van der Waals surface area contributed by atoms with Crippen molar-refractivity contribution in [1.82, 2.24) is 15.6 Å². The van der Waals surface area contributed by atoms with Crippen LogP contribution in [0.4, 0.5) is 0 Å². The van der Waals surface area contributed by atoms with Crippen molar-refractivity contribution in [1.29, 1.82) is 0 Å². The van der Waals surface area contributed by atoms with Gasteiger partial charge >= 0.3 is 0 Å². The molecule has 1 aliphatic carbocycles. The minimum atomic E-state index is -0.261. The van der Waals surface area contributed by atoms with Crippen molar-refractivity contribution in [3.63, 3.8) is 0 Å². The summed E-state index contributed by atoms with van der Waals surface area (Å²) < 4.78 is 16.9. The van der Waals surface area contributed by atoms with E-state index in [0.717, 1.165) is 18.4 Å². The minimum absolute atomic E-state index is 0.0305. The van der Waals surface area contributed by atoms with Crippen molar-refractivity contribution in [2.24, 2.45) is 0 Å². The van der Waals surface area contributed by atoms with E-state index < -0.39 is 0 Å². The molecule has 0 spiro atoms. The summed E-state index contributed by atoms with van der Waals surface area (Å²) in [7, 11) is 1.49. The van der Waals surface area contributed by atoms with Gasteiger partial charge in [-0.2, -0.15) is 0 Å². The zero-order valence-corrected chi connectivity index (χ0v) is 18.8. The van der Waals surface area contributed by atoms with Gasteiger partial charge in [0.15, 0.2) is 18.1 Å². The number of nitrogens with one attached hydrogen (secondary N) is 2. The predicted molar refractivity (Wildman–Crippen MR) is 120 cm³/mol. The Morgan fingerprint density at radius 2 is 1.94 bits per heavy atom. The van der Waals surface area contributed by atoms with Gasteiger partial charge in [-0.15, -0.1) is 0 Å². The molecule has 0 unspecified atom stereocenters. The molecule has 2 N–H and O–H groups in total. The lowest BCUT2D eigenvalue weighted by Crippen LogP contribution is -2.34. The van der Waals surface area contributed by atoms with Gasteiger partial charge in [0.2, 0.25) is 5.88 Å². The van der Waals surface area contributed by atoms with Crippen LogP contribution in [0.25, 0.3) is 0 Å². The predicted octanol–water partition coefficient (Wildman–Crippen LogP) is 3.25. The normalized spacial score (nSPS) is 13.6. The first-order chi connectivity index (χ1) is 15.5. The van der Waals surface area contributed by atoms with E-state index in [1.165, 1.54) is 20.0 Å². The van der Waals surface area contributed by atoms with Crippen molar-refractivity contribution in [3.8, 4) is 17.4 Å². The van der Waals surface area contributed by atoms with E-state index in [4.69, 9.17) is 14.2 Å². The van der Waals surface area contributed by atoms with Crippen LogP contribution in [0.2, 0.25) is 0 Å². The standard InChI is InChI=1S/C24H31N3O5/c1-16(2)27-22(28)15-31-20-11-10-17(13-21(20)30-3)23(29)26-14-18-7-6-12-25-24(18)32-19-8-4-5-9-19/h6-7,10-13,16,19H,4-5,8-9,14-15H2,1-3H3,(H,26,29)(H,27,28). The summed E-state index contributed by atoms with van der Waals surface area (Å²) in [5.41, 5.74) is 1.25. The molecule has 0 radical (unpaired) electrons. The Morgan fingerprint density at radius 3 is 2.66 bits per heavy atom. The number of rotatable bonds is 10. The highest BCUT2D eigenvalue weighted by molar-refractivity contribution is 5.94. The van der Waals surface area contributed by atoms with Gasteiger partial charge < -0.3 is 24.8 Å². The van der Waals surface area contributed by atoms with E-state index in [9.17, 15) is 9.59 Å². The maximum atomic E-state index is 12.7. The Hall–Kier alpha value is -3.29. The van der Waals surface area contributed by atoms with Crippen LogP contribution < -0.4 is 24.8 Å². The molecule has 3 rings (SSSR count). The largest absolute Gasteiger partial charge is 0.493 e. The third kappa shape index (κ3) is 6.60. The second-order valence-corrected chi connectivity index (χ2v) is 8.05. The van der Waals surface area contributed by atoms with Crippen molar-refractivity contribution < 1.29 is 23.8 Å². The Kier molecular flexibility index (Phi) is 8.30. The molecule has 0 bridgehead atoms. The quantitative estimate of drug-likeness (QED) is 0.587. The van der Waals surface area contributed by atoms with Crippen molar-refractivity contribution in [2.75, 3.05) is 13.7 Å². The van der Waals surface area contributed by atoms with Crippen molar-refractivity contribution in [2.45, 2.75) is 58.2 Å². The molecule has 172 valence electrons. The Labute approximate surface area is 188 Å². The third-order valence-corrected chi connectivity index (χ3v) is 5.10. The van der Waals surface area contributed by atoms with Crippen molar-refractivity contribution >= 4 is 11.8 Å². The molecule has 32 heavy (non-hydrogen) atoms. The molecule has 8 heteroatoms. The summed E-state index contributed by atoms with van der Waals surface area (Å²) >= 11 is 0. The fourth-order valence-corrected chi connectivity index (χ4v) is 3.54. The molecule has 1 heterocycles. The third-order valence-electron chi connectivity index (χ3n) is 5.10. The van der Waals surface area contributed by atoms with Gasteiger partial charge in [0.25, 0.3) is 11.8 Å². The lowest BCUT2D eigenvalue weighted by atomic mass is 10.1. The minimum Gasteiger partial charge on any atom is -0.493 e. The number of aromatic nitrogens is 1. The molecule has 2 aromatic rings. The van der Waals surface area contributed by atoms with Crippen LogP contribution in [0.5, 0.6) is 17.4 Å². The Bertz CT molecular complexity index is 926. The number of amides is 2. The van der Waals surface area contributed by atoms with Gasteiger partial charge in [-0.25, -0.2) is 4.98 Å². The summed E-state index contributed by atoms with van der Waals surface area (Å²) in [4.78, 5) is 28.9. The number of hydrogen-bond donors (Lipinski definition) is 2. The highest BCUT2D eigenvalue weighted by Gasteiger charge is 2.19. The molecule has 1 aromatic carbocycles. The molecular formula is C24H31N3O5. The number of ether oxygens (including phenoxy) is 3. The first-order valence-electron chi connectivity index (χ1n) is 10.9. The smallest absolute Gasteiger partial charge is 0.258 e. The average Bonchev–Trinajstić information content (AvgIpc) is 3.29. The van der Waals surface area contributed by atoms with Gasteiger partial charge in [-0.3, -0.25) is 9.59 Å². The summed E-state index contributed by atoms with van der Waals surface area (Å²) in [6.45, 7) is 3.91. The molecule has 1 fully saturated rings. The number of methoxy groups -OCH3 is 1. The average molecular weight is 442 g/mol. The molecule has 1 aromatic heterocycles. The molecular weight excluding hydrogens is 410 g/mol. The number of hydrogen-bond acceptors (Lipinski definition) is 6. The van der Waals surface area contributed by atoms with Gasteiger partial charge in [-0.05, 0) is 63.8 Å². The Morgan fingerprint density at radius 1 is 1.16 bits per heavy atom. The van der Waals surface area contributed by atoms with Crippen LogP contribution in [0.3, 0.4) is 0 Å². The molecule has 1 saturated carbocycles. The summed E-state index contributed by atoms with van der Waals surface area (Å²) in [5, 5.41) is 5.66. The summed E-state index contributed by atoms with van der Waals surface area (Å²) in [6.07, 6.45) is 6.31. The molecule has 0 saturated heterocycles. The van der Waals surface area contributed by atoms with Gasteiger partial charge in [0.1, 0.15) is 6.10 Å². The fraction of sp³-hybridized carbons (Fsp3) is 0.458. The second kappa shape index (κ2) is 11.4. The van der Waals surface area contributed by atoms with Crippen molar-refractivity contribution in [3.05, 3.63) is 47.7 Å². The number of pyridine rings is 1. The fourth-order valence-electron chi connectivity index (χ4n) is 3.54. The monoisotopic (exact) mass is 441 g/mol. The molecule has 2 amide bonds. The van der Waals surface area contributed by atoms with E-state index in [1.807, 2.05) is 26.0 Å². The van der Waals surface area contributed by atoms with Gasteiger partial charge in [0.05, 0.1) is 7.11 Å². The van der Waals surface area contributed by atoms with Crippen LogP contribution in [0.1, 0.15) is 55.5 Å². The number of benzene rings is 1. The number of nitrogens with zero attached hydrogens (tertiary/aromatic N) is 1. The molecule has 8 nitrogen and oxygen atoms in total. The SMILES string of the molecule is COc1cc(C(=O)NCc2cccnc2OC2CCCC2)ccc1OCC(=O)NC(C)C. The van der Waals surface area contributed by atoms with Crippen LogP contribution >= 0.6 is 0 Å². The summed E-state index contributed by atoms with van der Waals surface area (Å²) in [5.74, 6) is 0.851. The highest BCUT2D eigenvalue weighted by atomic mass is 16.5. The number of carbonyl (C=O) groups excluding carboxylic acids is 2. The van der Waals surface area contributed by atoms with Gasteiger partial charge in [0, 0.05) is 29.9 Å². The Balaban J connectivity index is 1.60. The van der Waals surface area contributed by atoms with Crippen LogP contribution in [0.15, 0.2) is 36.5 Å². The molecule has 0 atom stereocenters. The lowest BCUT2D eigenvalue weighted by Gasteiger charge is -2.16. The summed E-state index contributed by atoms with van der Waals surface area (Å²) in [6, 6.07) is 8.60. The molecule has 0 aliphatic heterocycles. The van der Waals surface area contributed by atoms with Gasteiger partial charge in [-0.1, -0.05) is 6.07 Å². The van der Waals surface area contributed by atoms with E-state index >= 15 is 0 Å². The van der Waals surface area contributed by atoms with E-state index in [0.29, 0.717) is 29.5 Å². The topological polar surface area (TPSA) is 98.8 Å². The zero-order chi connectivity index (χ0) is 22.9. The lowest BCUT2D eigenvalue weighted by molar-refractivity contribution is -0.123. The van der Waals surface area contributed by atoms with E-state index in [2.05, 4.69) is 15.6 Å². The second-order valence-electron chi connectivity index (χ2n) is 8.05.